The number of hydrogen-bond acceptors (Lipinski definition) is 5. The van der Waals surface area contributed by atoms with Crippen LogP contribution in [0.4, 0.5) is 0 Å². The summed E-state index contributed by atoms with van der Waals surface area (Å²) >= 11 is 1.44. The van der Waals surface area contributed by atoms with E-state index in [-0.39, 0.29) is 11.5 Å². The molecule has 8 heteroatoms. The van der Waals surface area contributed by atoms with Crippen LogP contribution < -0.4 is 10.9 Å². The van der Waals surface area contributed by atoms with E-state index in [1.165, 1.54) is 11.3 Å². The van der Waals surface area contributed by atoms with E-state index in [0.717, 1.165) is 28.9 Å². The number of aromatic nitrogens is 4. The molecule has 3 aromatic heterocycles. The van der Waals surface area contributed by atoms with E-state index >= 15 is 0 Å². The van der Waals surface area contributed by atoms with Crippen LogP contribution in [-0.2, 0) is 17.8 Å². The Balaban J connectivity index is 1.90. The number of nitrogens with one attached hydrogen (secondary N) is 1. The highest BCUT2D eigenvalue weighted by atomic mass is 32.1. The number of fused-ring (bicyclic) bond motifs is 3. The average molecular weight is 361 g/mol. The van der Waals surface area contributed by atoms with Gasteiger partial charge in [0.05, 0.1) is 5.52 Å². The number of nitrogens with zero attached hydrogens (tertiary/aromatic N) is 4. The van der Waals surface area contributed by atoms with E-state index in [1.54, 1.807) is 4.57 Å². The summed E-state index contributed by atoms with van der Waals surface area (Å²) in [4.78, 5) is 24.4. The summed E-state index contributed by atoms with van der Waals surface area (Å²) in [7, 11) is 0. The minimum Gasteiger partial charge on any atom is -0.356 e. The van der Waals surface area contributed by atoms with Crippen molar-refractivity contribution in [2.24, 2.45) is 0 Å². The van der Waals surface area contributed by atoms with Gasteiger partial charge in [-0.25, -0.2) is 0 Å². The van der Waals surface area contributed by atoms with Crippen molar-refractivity contribution in [2.75, 3.05) is 6.54 Å². The molecule has 0 aliphatic rings. The standard InChI is InChI=1S/C17H23N5O2S/c1-3-9-18-14(23)7-5-6-13-19-20-17-21(10-4-2)16(24)15-12(22(13)17)8-11-25-15/h8,11H,3-7,9-10H2,1-2H3,(H,18,23). The molecular formula is C17H23N5O2S. The van der Waals surface area contributed by atoms with Crippen molar-refractivity contribution in [3.63, 3.8) is 0 Å². The third kappa shape index (κ3) is 3.44. The lowest BCUT2D eigenvalue weighted by atomic mass is 10.2. The van der Waals surface area contributed by atoms with Gasteiger partial charge in [-0.15, -0.1) is 21.5 Å². The number of carbonyl (C=O) groups excluding carboxylic acids is 1. The summed E-state index contributed by atoms with van der Waals surface area (Å²) in [5, 5.41) is 13.4. The summed E-state index contributed by atoms with van der Waals surface area (Å²) in [6.07, 6.45) is 3.61. The maximum Gasteiger partial charge on any atom is 0.272 e. The molecule has 0 bridgehead atoms. The Morgan fingerprint density at radius 2 is 2.12 bits per heavy atom. The molecule has 0 unspecified atom stereocenters. The van der Waals surface area contributed by atoms with Crippen molar-refractivity contribution in [1.29, 1.82) is 0 Å². The Morgan fingerprint density at radius 1 is 1.28 bits per heavy atom. The van der Waals surface area contributed by atoms with Crippen LogP contribution in [0, 0.1) is 0 Å². The van der Waals surface area contributed by atoms with Gasteiger partial charge in [-0.2, -0.15) is 0 Å². The molecule has 7 nitrogen and oxygen atoms in total. The van der Waals surface area contributed by atoms with Crippen molar-refractivity contribution in [2.45, 2.75) is 52.5 Å². The maximum absolute atomic E-state index is 12.6. The fourth-order valence-corrected chi connectivity index (χ4v) is 3.75. The molecule has 3 aromatic rings. The number of thiophene rings is 1. The van der Waals surface area contributed by atoms with Crippen molar-refractivity contribution >= 4 is 33.2 Å². The fourth-order valence-electron chi connectivity index (χ4n) is 2.93. The maximum atomic E-state index is 12.6. The van der Waals surface area contributed by atoms with Gasteiger partial charge >= 0.3 is 0 Å². The van der Waals surface area contributed by atoms with Gasteiger partial charge < -0.3 is 5.32 Å². The fraction of sp³-hybridized carbons (Fsp3) is 0.529. The third-order valence-corrected chi connectivity index (χ3v) is 4.99. The zero-order valence-corrected chi connectivity index (χ0v) is 15.4. The number of carbonyl (C=O) groups is 1. The van der Waals surface area contributed by atoms with Gasteiger partial charge in [0.25, 0.3) is 5.56 Å². The smallest absolute Gasteiger partial charge is 0.272 e. The number of amides is 1. The molecule has 0 radical (unpaired) electrons. The lowest BCUT2D eigenvalue weighted by Crippen LogP contribution is -2.24. The van der Waals surface area contributed by atoms with Crippen molar-refractivity contribution in [3.05, 3.63) is 27.6 Å². The zero-order valence-electron chi connectivity index (χ0n) is 14.6. The third-order valence-electron chi connectivity index (χ3n) is 4.10. The Kier molecular flexibility index (Phi) is 5.47. The summed E-state index contributed by atoms with van der Waals surface area (Å²) in [5.74, 6) is 1.45. The highest BCUT2D eigenvalue weighted by Gasteiger charge is 2.17. The Labute approximate surface area is 149 Å². The van der Waals surface area contributed by atoms with Gasteiger partial charge in [0.15, 0.2) is 0 Å². The molecule has 134 valence electrons. The van der Waals surface area contributed by atoms with Gasteiger partial charge in [0.1, 0.15) is 10.5 Å². The van der Waals surface area contributed by atoms with Crippen molar-refractivity contribution < 1.29 is 4.79 Å². The topological polar surface area (TPSA) is 81.3 Å². The van der Waals surface area contributed by atoms with Gasteiger partial charge in [0.2, 0.25) is 11.7 Å². The molecule has 0 saturated carbocycles. The lowest BCUT2D eigenvalue weighted by Gasteiger charge is -2.08. The first kappa shape index (κ1) is 17.6. The highest BCUT2D eigenvalue weighted by molar-refractivity contribution is 7.17. The Morgan fingerprint density at radius 3 is 2.88 bits per heavy atom. The molecule has 0 spiro atoms. The Hall–Kier alpha value is -2.22. The van der Waals surface area contributed by atoms with Gasteiger partial charge in [-0.3, -0.25) is 18.6 Å². The predicted molar refractivity (Wildman–Crippen MR) is 99.2 cm³/mol. The largest absolute Gasteiger partial charge is 0.356 e. The van der Waals surface area contributed by atoms with E-state index in [2.05, 4.69) is 15.5 Å². The molecule has 0 aliphatic heterocycles. The monoisotopic (exact) mass is 361 g/mol. The first-order valence-corrected chi connectivity index (χ1v) is 9.66. The molecule has 25 heavy (non-hydrogen) atoms. The van der Waals surface area contributed by atoms with E-state index in [9.17, 15) is 9.59 Å². The van der Waals surface area contributed by atoms with E-state index in [4.69, 9.17) is 0 Å². The first-order chi connectivity index (χ1) is 12.2. The molecule has 0 aliphatic carbocycles. The van der Waals surface area contributed by atoms with Crippen LogP contribution in [0.5, 0.6) is 0 Å². The molecule has 3 heterocycles. The summed E-state index contributed by atoms with van der Waals surface area (Å²) in [5.41, 5.74) is 0.852. The molecule has 0 aromatic carbocycles. The zero-order chi connectivity index (χ0) is 17.8. The van der Waals surface area contributed by atoms with E-state index in [0.29, 0.717) is 38.1 Å². The van der Waals surface area contributed by atoms with Crippen molar-refractivity contribution in [3.8, 4) is 0 Å². The average Bonchev–Trinajstić information content (AvgIpc) is 3.23. The molecule has 1 N–H and O–H groups in total. The summed E-state index contributed by atoms with van der Waals surface area (Å²) < 4.78 is 4.39. The van der Waals surface area contributed by atoms with Crippen LogP contribution in [0.25, 0.3) is 16.0 Å². The lowest BCUT2D eigenvalue weighted by molar-refractivity contribution is -0.121. The normalized spacial score (nSPS) is 11.4. The molecule has 3 rings (SSSR count). The van der Waals surface area contributed by atoms with Crippen LogP contribution in [-0.4, -0.2) is 31.6 Å². The van der Waals surface area contributed by atoms with Crippen LogP contribution >= 0.6 is 11.3 Å². The molecule has 1 amide bonds. The molecule has 0 saturated heterocycles. The minimum atomic E-state index is -0.00255. The van der Waals surface area contributed by atoms with E-state index < -0.39 is 0 Å². The quantitative estimate of drug-likeness (QED) is 0.668. The number of hydrogen-bond donors (Lipinski definition) is 1. The summed E-state index contributed by atoms with van der Waals surface area (Å²) in [6, 6.07) is 1.94. The number of rotatable bonds is 8. The van der Waals surface area contributed by atoms with Crippen LogP contribution in [0.15, 0.2) is 16.2 Å². The van der Waals surface area contributed by atoms with Gasteiger partial charge in [0, 0.05) is 25.9 Å². The first-order valence-electron chi connectivity index (χ1n) is 8.78. The van der Waals surface area contributed by atoms with Gasteiger partial charge in [-0.05, 0) is 30.7 Å². The van der Waals surface area contributed by atoms with Gasteiger partial charge in [-0.1, -0.05) is 13.8 Å². The SMILES string of the molecule is CCCNC(=O)CCCc1nnc2n(CCC)c(=O)c3sccc3n12. The Bertz CT molecular complexity index is 940. The van der Waals surface area contributed by atoms with Crippen LogP contribution in [0.1, 0.15) is 45.4 Å². The van der Waals surface area contributed by atoms with Crippen molar-refractivity contribution in [1.82, 2.24) is 24.5 Å². The molecular weight excluding hydrogens is 338 g/mol. The second-order valence-electron chi connectivity index (χ2n) is 6.05. The molecule has 0 fully saturated rings. The predicted octanol–water partition coefficient (Wildman–Crippen LogP) is 2.36. The number of aryl methyl sites for hydroxylation is 2. The highest BCUT2D eigenvalue weighted by Crippen LogP contribution is 2.20. The van der Waals surface area contributed by atoms with Crippen LogP contribution in [0.2, 0.25) is 0 Å². The van der Waals surface area contributed by atoms with E-state index in [1.807, 2.05) is 29.7 Å². The molecule has 0 atom stereocenters. The van der Waals surface area contributed by atoms with Crippen LogP contribution in [0.3, 0.4) is 0 Å². The second-order valence-corrected chi connectivity index (χ2v) is 6.96. The second kappa shape index (κ2) is 7.77. The minimum absolute atomic E-state index is 0.00255. The summed E-state index contributed by atoms with van der Waals surface area (Å²) in [6.45, 7) is 5.40.